The molecule has 0 unspecified atom stereocenters. The monoisotopic (exact) mass is 660 g/mol. The van der Waals surface area contributed by atoms with Gasteiger partial charge in [0.15, 0.2) is 0 Å². The highest BCUT2D eigenvalue weighted by Crippen LogP contribution is 2.46. The Hall–Kier alpha value is -7.04. The van der Waals surface area contributed by atoms with Crippen LogP contribution in [0.5, 0.6) is 0 Å². The first kappa shape index (κ1) is 27.7. The minimum absolute atomic E-state index is 0.668. The number of fused-ring (bicyclic) bond motifs is 10. The quantitative estimate of drug-likeness (QED) is 0.140. The van der Waals surface area contributed by atoms with Crippen LogP contribution in [0.4, 0.5) is 0 Å². The van der Waals surface area contributed by atoms with Crippen molar-refractivity contribution < 1.29 is 0 Å². The molecule has 4 heteroatoms. The van der Waals surface area contributed by atoms with Gasteiger partial charge in [-0.05, 0) is 64.4 Å². The summed E-state index contributed by atoms with van der Waals surface area (Å²) < 4.78 is 4.71. The van der Waals surface area contributed by atoms with Gasteiger partial charge in [0.05, 0.1) is 38.8 Å². The van der Waals surface area contributed by atoms with E-state index in [1.54, 1.807) is 0 Å². The molecule has 0 fully saturated rings. The number of hydrogen-bond donors (Lipinski definition) is 0. The molecule has 0 N–H and O–H groups in total. The van der Waals surface area contributed by atoms with E-state index in [0.717, 1.165) is 33.2 Å². The van der Waals surface area contributed by atoms with Crippen LogP contribution in [0.15, 0.2) is 170 Å². The third-order valence-corrected chi connectivity index (χ3v) is 11.1. The van der Waals surface area contributed by atoms with Crippen LogP contribution < -0.4 is 0 Å². The average molecular weight is 661 g/mol. The number of pyridine rings is 1. The molecule has 4 nitrogen and oxygen atoms in total. The average Bonchev–Trinajstić information content (AvgIpc) is 3.73. The molecule has 0 bridgehead atoms. The van der Waals surface area contributed by atoms with E-state index in [2.05, 4.69) is 167 Å². The van der Waals surface area contributed by atoms with E-state index in [-0.39, 0.29) is 0 Å². The SMILES string of the molecule is c1ccc(-c2nc(-n3c4ccccc4c4cc(-c5cc6c7ccccc7n7c8ccccc8c8cccc5c8c67)ccc43)nc3ccccc23)cc1. The molecule has 0 saturated carbocycles. The summed E-state index contributed by atoms with van der Waals surface area (Å²) in [5.74, 6) is 0.668. The first-order valence-corrected chi connectivity index (χ1v) is 17.8. The van der Waals surface area contributed by atoms with E-state index < -0.39 is 0 Å². The molecule has 240 valence electrons. The van der Waals surface area contributed by atoms with Gasteiger partial charge >= 0.3 is 0 Å². The molecule has 0 aliphatic rings. The van der Waals surface area contributed by atoms with Crippen molar-refractivity contribution in [3.8, 4) is 28.3 Å². The van der Waals surface area contributed by atoms with E-state index in [0.29, 0.717) is 5.95 Å². The summed E-state index contributed by atoms with van der Waals surface area (Å²) in [6, 6.07) is 61.1. The molecule has 4 heterocycles. The Morgan fingerprint density at radius 2 is 0.962 bits per heavy atom. The molecule has 12 aromatic rings. The maximum Gasteiger partial charge on any atom is 0.235 e. The lowest BCUT2D eigenvalue weighted by Gasteiger charge is -2.16. The lowest BCUT2D eigenvalue weighted by molar-refractivity contribution is 1.01. The summed E-state index contributed by atoms with van der Waals surface area (Å²) in [4.78, 5) is 10.5. The van der Waals surface area contributed by atoms with Crippen molar-refractivity contribution in [3.05, 3.63) is 170 Å². The Bertz CT molecular complexity index is 3400. The second-order valence-electron chi connectivity index (χ2n) is 13.8. The van der Waals surface area contributed by atoms with Crippen LogP contribution in [0, 0.1) is 0 Å². The van der Waals surface area contributed by atoms with Crippen molar-refractivity contribution in [1.82, 2.24) is 18.9 Å². The molecule has 0 amide bonds. The topological polar surface area (TPSA) is 35.1 Å². The largest absolute Gasteiger partial charge is 0.308 e. The summed E-state index contributed by atoms with van der Waals surface area (Å²) in [6.45, 7) is 0. The van der Waals surface area contributed by atoms with Gasteiger partial charge in [-0.2, -0.15) is 0 Å². The Kier molecular flexibility index (Phi) is 5.47. The van der Waals surface area contributed by atoms with Crippen LogP contribution >= 0.6 is 0 Å². The maximum atomic E-state index is 5.28. The smallest absolute Gasteiger partial charge is 0.235 e. The Labute approximate surface area is 297 Å². The van der Waals surface area contributed by atoms with Crippen molar-refractivity contribution >= 4 is 81.6 Å². The normalized spacial score (nSPS) is 12.2. The second-order valence-corrected chi connectivity index (χ2v) is 13.8. The van der Waals surface area contributed by atoms with Crippen molar-refractivity contribution in [1.29, 1.82) is 0 Å². The van der Waals surface area contributed by atoms with E-state index >= 15 is 0 Å². The van der Waals surface area contributed by atoms with Crippen molar-refractivity contribution in [3.63, 3.8) is 0 Å². The highest BCUT2D eigenvalue weighted by atomic mass is 15.2. The minimum atomic E-state index is 0.668. The zero-order valence-electron chi connectivity index (χ0n) is 28.0. The molecule has 0 aliphatic carbocycles. The third-order valence-electron chi connectivity index (χ3n) is 11.1. The summed E-state index contributed by atoms with van der Waals surface area (Å²) in [5.41, 5.74) is 11.3. The number of hydrogen-bond acceptors (Lipinski definition) is 2. The van der Waals surface area contributed by atoms with Gasteiger partial charge in [0.25, 0.3) is 0 Å². The first-order valence-electron chi connectivity index (χ1n) is 17.8. The Balaban J connectivity index is 1.16. The number of rotatable bonds is 3. The fourth-order valence-corrected chi connectivity index (χ4v) is 8.86. The van der Waals surface area contributed by atoms with Crippen molar-refractivity contribution in [2.75, 3.05) is 0 Å². The Morgan fingerprint density at radius 1 is 0.365 bits per heavy atom. The van der Waals surface area contributed by atoms with E-state index in [9.17, 15) is 0 Å². The molecule has 0 atom stereocenters. The molecular weight excluding hydrogens is 633 g/mol. The lowest BCUT2D eigenvalue weighted by atomic mass is 9.91. The van der Waals surface area contributed by atoms with Gasteiger partial charge in [-0.25, -0.2) is 9.97 Å². The van der Waals surface area contributed by atoms with Crippen LogP contribution in [-0.4, -0.2) is 18.9 Å². The lowest BCUT2D eigenvalue weighted by Crippen LogP contribution is -2.03. The molecule has 0 radical (unpaired) electrons. The molecule has 0 spiro atoms. The fraction of sp³-hybridized carbons (Fsp3) is 0. The maximum absolute atomic E-state index is 5.28. The molecule has 8 aromatic carbocycles. The van der Waals surface area contributed by atoms with Gasteiger partial charge in [-0.15, -0.1) is 0 Å². The third kappa shape index (κ3) is 3.65. The zero-order valence-corrected chi connectivity index (χ0v) is 28.0. The predicted molar refractivity (Wildman–Crippen MR) is 217 cm³/mol. The van der Waals surface area contributed by atoms with Crippen molar-refractivity contribution in [2.45, 2.75) is 0 Å². The summed E-state index contributed by atoms with van der Waals surface area (Å²) in [6.07, 6.45) is 0. The van der Waals surface area contributed by atoms with E-state index in [1.807, 2.05) is 12.1 Å². The molecule has 4 aromatic heterocycles. The molecule has 0 saturated heterocycles. The van der Waals surface area contributed by atoms with Crippen LogP contribution in [0.1, 0.15) is 0 Å². The standard InChI is InChI=1S/C48H28N4/c1-2-13-29(14-3-1)46-36-18-4-8-21-40(36)49-48(50-46)52-43-24-11-6-16-32(43)38-27-30(25-26-44(38)52)37-28-39-33-17-7-10-23-42(33)51-41-22-9-5-15-31(41)34-19-12-20-35(37)45(34)47(39)51/h1-28H. The van der Waals surface area contributed by atoms with Gasteiger partial charge in [0.2, 0.25) is 5.95 Å². The second kappa shape index (κ2) is 10.3. The van der Waals surface area contributed by atoms with Gasteiger partial charge in [0, 0.05) is 43.3 Å². The highest BCUT2D eigenvalue weighted by molar-refractivity contribution is 6.31. The zero-order chi connectivity index (χ0) is 33.9. The highest BCUT2D eigenvalue weighted by Gasteiger charge is 2.22. The number of benzene rings is 8. The predicted octanol–water partition coefficient (Wildman–Crippen LogP) is 12.4. The summed E-state index contributed by atoms with van der Waals surface area (Å²) in [5, 5.41) is 11.1. The minimum Gasteiger partial charge on any atom is -0.308 e. The Morgan fingerprint density at radius 3 is 1.75 bits per heavy atom. The van der Waals surface area contributed by atoms with Crippen LogP contribution in [-0.2, 0) is 0 Å². The van der Waals surface area contributed by atoms with Gasteiger partial charge < -0.3 is 4.40 Å². The van der Waals surface area contributed by atoms with Gasteiger partial charge in [-0.1, -0.05) is 127 Å². The molecule has 52 heavy (non-hydrogen) atoms. The number of nitrogens with zero attached hydrogens (tertiary/aromatic N) is 4. The van der Waals surface area contributed by atoms with E-state index in [4.69, 9.17) is 9.97 Å². The van der Waals surface area contributed by atoms with Crippen molar-refractivity contribution in [2.24, 2.45) is 0 Å². The van der Waals surface area contributed by atoms with E-state index in [1.165, 1.54) is 70.8 Å². The van der Waals surface area contributed by atoms with Gasteiger partial charge in [-0.3, -0.25) is 4.57 Å². The molecular formula is C48H28N4. The van der Waals surface area contributed by atoms with Crippen LogP contribution in [0.3, 0.4) is 0 Å². The van der Waals surface area contributed by atoms with Gasteiger partial charge in [0.1, 0.15) is 0 Å². The number of aromatic nitrogens is 4. The fourth-order valence-electron chi connectivity index (χ4n) is 8.86. The van der Waals surface area contributed by atoms with Crippen LogP contribution in [0.25, 0.3) is 110 Å². The molecule has 12 rings (SSSR count). The van der Waals surface area contributed by atoms with Crippen LogP contribution in [0.2, 0.25) is 0 Å². The summed E-state index contributed by atoms with van der Waals surface area (Å²) in [7, 11) is 0. The summed E-state index contributed by atoms with van der Waals surface area (Å²) >= 11 is 0. The number of para-hydroxylation sites is 4. The molecule has 0 aliphatic heterocycles. The first-order chi connectivity index (χ1) is 25.8.